The van der Waals surface area contributed by atoms with Crippen LogP contribution in [0.15, 0.2) is 41.3 Å². The second-order valence-electron chi connectivity index (χ2n) is 5.01. The predicted octanol–water partition coefficient (Wildman–Crippen LogP) is 5.19. The van der Waals surface area contributed by atoms with Crippen molar-refractivity contribution in [1.29, 1.82) is 0 Å². The maximum atomic E-state index is 12.7. The molecule has 10 heteroatoms. The lowest BCUT2D eigenvalue weighted by atomic mass is 10.1. The third-order valence-corrected chi connectivity index (χ3v) is 5.99. The molecule has 0 atom stereocenters. The molecule has 3 nitrogen and oxygen atoms in total. The molecule has 0 saturated heterocycles. The molecular formula is C15H11Cl3F3NO2S. The SMILES string of the molecule is O=S(=O)(NCCc1ccccc1Cl)c1c(Cl)cc(C(F)(F)F)cc1Cl. The summed E-state index contributed by atoms with van der Waals surface area (Å²) < 4.78 is 65.0. The molecule has 0 heterocycles. The van der Waals surface area contributed by atoms with Gasteiger partial charge >= 0.3 is 6.18 Å². The largest absolute Gasteiger partial charge is 0.416 e. The van der Waals surface area contributed by atoms with E-state index < -0.39 is 36.7 Å². The molecule has 0 saturated carbocycles. The van der Waals surface area contributed by atoms with Gasteiger partial charge in [0.15, 0.2) is 0 Å². The molecule has 0 bridgehead atoms. The maximum absolute atomic E-state index is 12.7. The summed E-state index contributed by atoms with van der Waals surface area (Å²) in [5.74, 6) is 0. The van der Waals surface area contributed by atoms with Crippen LogP contribution in [-0.4, -0.2) is 15.0 Å². The third-order valence-electron chi connectivity index (χ3n) is 3.24. The summed E-state index contributed by atoms with van der Waals surface area (Å²) in [6, 6.07) is 7.92. The monoisotopic (exact) mass is 431 g/mol. The van der Waals surface area contributed by atoms with Crippen molar-refractivity contribution in [2.75, 3.05) is 6.54 Å². The molecule has 0 amide bonds. The van der Waals surface area contributed by atoms with Gasteiger partial charge in [-0.3, -0.25) is 0 Å². The number of benzene rings is 2. The normalized spacial score (nSPS) is 12.4. The van der Waals surface area contributed by atoms with E-state index in [4.69, 9.17) is 34.8 Å². The van der Waals surface area contributed by atoms with Gasteiger partial charge in [-0.05, 0) is 30.2 Å². The van der Waals surface area contributed by atoms with Crippen molar-refractivity contribution in [3.63, 3.8) is 0 Å². The second-order valence-corrected chi connectivity index (χ2v) is 7.93. The summed E-state index contributed by atoms with van der Waals surface area (Å²) in [6.07, 6.45) is -4.40. The summed E-state index contributed by atoms with van der Waals surface area (Å²) in [5.41, 5.74) is -0.408. The quantitative estimate of drug-likeness (QED) is 0.707. The molecule has 0 aliphatic carbocycles. The topological polar surface area (TPSA) is 46.2 Å². The number of nitrogens with one attached hydrogen (secondary N) is 1. The Kier molecular flexibility index (Phi) is 6.27. The minimum Gasteiger partial charge on any atom is -0.211 e. The van der Waals surface area contributed by atoms with Crippen LogP contribution in [0.4, 0.5) is 13.2 Å². The van der Waals surface area contributed by atoms with E-state index in [2.05, 4.69) is 4.72 Å². The van der Waals surface area contributed by atoms with E-state index in [1.807, 2.05) is 0 Å². The molecule has 2 rings (SSSR count). The Labute approximate surface area is 157 Å². The van der Waals surface area contributed by atoms with E-state index in [0.29, 0.717) is 17.2 Å². The Balaban J connectivity index is 2.21. The van der Waals surface area contributed by atoms with Crippen LogP contribution < -0.4 is 4.72 Å². The van der Waals surface area contributed by atoms with Crippen molar-refractivity contribution in [2.24, 2.45) is 0 Å². The lowest BCUT2D eigenvalue weighted by Gasteiger charge is -2.13. The number of hydrogen-bond donors (Lipinski definition) is 1. The molecule has 25 heavy (non-hydrogen) atoms. The highest BCUT2D eigenvalue weighted by molar-refractivity contribution is 7.89. The minimum atomic E-state index is -4.69. The highest BCUT2D eigenvalue weighted by atomic mass is 35.5. The fourth-order valence-corrected chi connectivity index (χ4v) is 4.55. The Morgan fingerprint density at radius 3 is 2.04 bits per heavy atom. The highest BCUT2D eigenvalue weighted by Crippen LogP contribution is 2.37. The molecule has 0 aliphatic rings. The molecule has 0 unspecified atom stereocenters. The maximum Gasteiger partial charge on any atom is 0.416 e. The Hall–Kier alpha value is -0.990. The van der Waals surface area contributed by atoms with Gasteiger partial charge in [0.2, 0.25) is 10.0 Å². The van der Waals surface area contributed by atoms with E-state index in [-0.39, 0.29) is 13.0 Å². The number of sulfonamides is 1. The second kappa shape index (κ2) is 7.72. The summed E-state index contributed by atoms with van der Waals surface area (Å²) in [7, 11) is -4.19. The Bertz CT molecular complexity index is 863. The van der Waals surface area contributed by atoms with E-state index in [9.17, 15) is 21.6 Å². The van der Waals surface area contributed by atoms with Gasteiger partial charge in [0.1, 0.15) is 4.90 Å². The van der Waals surface area contributed by atoms with Gasteiger partial charge in [-0.2, -0.15) is 13.2 Å². The van der Waals surface area contributed by atoms with Crippen molar-refractivity contribution in [1.82, 2.24) is 4.72 Å². The van der Waals surface area contributed by atoms with Gasteiger partial charge in [-0.25, -0.2) is 13.1 Å². The van der Waals surface area contributed by atoms with E-state index in [1.165, 1.54) is 0 Å². The van der Waals surface area contributed by atoms with Crippen LogP contribution in [0.1, 0.15) is 11.1 Å². The molecule has 136 valence electrons. The lowest BCUT2D eigenvalue weighted by Crippen LogP contribution is -2.27. The standard InChI is InChI=1S/C15H11Cl3F3NO2S/c16-11-4-2-1-3-9(11)5-6-22-25(23,24)14-12(17)7-10(8-13(14)18)15(19,20)21/h1-4,7-8,22H,5-6H2. The van der Waals surface area contributed by atoms with Gasteiger partial charge in [0.05, 0.1) is 15.6 Å². The first kappa shape index (κ1) is 20.3. The molecule has 0 radical (unpaired) electrons. The average molecular weight is 433 g/mol. The first-order valence-electron chi connectivity index (χ1n) is 6.81. The molecule has 0 fully saturated rings. The average Bonchev–Trinajstić information content (AvgIpc) is 2.47. The van der Waals surface area contributed by atoms with Crippen molar-refractivity contribution in [3.05, 3.63) is 62.6 Å². The molecular weight excluding hydrogens is 422 g/mol. The van der Waals surface area contributed by atoms with Gasteiger partial charge in [-0.1, -0.05) is 53.0 Å². The van der Waals surface area contributed by atoms with Crippen LogP contribution in [0.2, 0.25) is 15.1 Å². The molecule has 2 aromatic carbocycles. The molecule has 0 aromatic heterocycles. The first-order valence-corrected chi connectivity index (χ1v) is 9.43. The number of halogens is 6. The smallest absolute Gasteiger partial charge is 0.211 e. The number of hydrogen-bond acceptors (Lipinski definition) is 2. The van der Waals surface area contributed by atoms with Crippen molar-refractivity contribution < 1.29 is 21.6 Å². The zero-order valence-electron chi connectivity index (χ0n) is 12.4. The van der Waals surface area contributed by atoms with Crippen LogP contribution in [0.5, 0.6) is 0 Å². The first-order chi connectivity index (χ1) is 11.5. The number of rotatable bonds is 5. The summed E-state index contributed by atoms with van der Waals surface area (Å²) in [6.45, 7) is -0.0280. The Morgan fingerprint density at radius 2 is 1.52 bits per heavy atom. The van der Waals surface area contributed by atoms with Gasteiger partial charge < -0.3 is 0 Å². The molecule has 1 N–H and O–H groups in total. The van der Waals surface area contributed by atoms with Gasteiger partial charge in [-0.15, -0.1) is 0 Å². The fourth-order valence-electron chi connectivity index (χ4n) is 2.07. The Morgan fingerprint density at radius 1 is 0.960 bits per heavy atom. The third kappa shape index (κ3) is 5.01. The minimum absolute atomic E-state index is 0.0280. The van der Waals surface area contributed by atoms with Crippen molar-refractivity contribution >= 4 is 44.8 Å². The highest BCUT2D eigenvalue weighted by Gasteiger charge is 2.33. The zero-order chi connectivity index (χ0) is 18.8. The number of alkyl halides is 3. The summed E-state index contributed by atoms with van der Waals surface area (Å²) in [5, 5.41) is -0.734. The molecule has 0 aliphatic heterocycles. The lowest BCUT2D eigenvalue weighted by molar-refractivity contribution is -0.137. The van der Waals surface area contributed by atoms with Crippen LogP contribution in [0.3, 0.4) is 0 Å². The fraction of sp³-hybridized carbons (Fsp3) is 0.200. The van der Waals surface area contributed by atoms with Gasteiger partial charge in [0.25, 0.3) is 0 Å². The van der Waals surface area contributed by atoms with E-state index >= 15 is 0 Å². The van der Waals surface area contributed by atoms with Crippen molar-refractivity contribution in [3.8, 4) is 0 Å². The molecule has 0 spiro atoms. The predicted molar refractivity (Wildman–Crippen MR) is 91.8 cm³/mol. The zero-order valence-corrected chi connectivity index (χ0v) is 15.5. The van der Waals surface area contributed by atoms with Crippen LogP contribution in [0, 0.1) is 0 Å². The van der Waals surface area contributed by atoms with Crippen LogP contribution in [-0.2, 0) is 22.6 Å². The summed E-state index contributed by atoms with van der Waals surface area (Å²) in [4.78, 5) is -0.594. The van der Waals surface area contributed by atoms with Crippen LogP contribution in [0.25, 0.3) is 0 Å². The van der Waals surface area contributed by atoms with E-state index in [0.717, 1.165) is 5.56 Å². The summed E-state index contributed by atoms with van der Waals surface area (Å²) >= 11 is 17.4. The van der Waals surface area contributed by atoms with Gasteiger partial charge in [0, 0.05) is 11.6 Å². The van der Waals surface area contributed by atoms with E-state index in [1.54, 1.807) is 24.3 Å². The van der Waals surface area contributed by atoms with Crippen LogP contribution >= 0.6 is 34.8 Å². The van der Waals surface area contributed by atoms with Crippen molar-refractivity contribution in [2.45, 2.75) is 17.5 Å². The molecule has 2 aromatic rings.